The molecular formula is C17H25NO. The van der Waals surface area contributed by atoms with Crippen LogP contribution in [0.3, 0.4) is 0 Å². The van der Waals surface area contributed by atoms with Crippen LogP contribution in [0, 0.1) is 20.8 Å². The molecule has 0 unspecified atom stereocenters. The van der Waals surface area contributed by atoms with E-state index in [9.17, 15) is 4.79 Å². The molecule has 1 fully saturated rings. The molecule has 1 aromatic rings. The minimum Gasteiger partial charge on any atom is -0.306 e. The van der Waals surface area contributed by atoms with Crippen molar-refractivity contribution in [3.8, 4) is 0 Å². The molecule has 1 saturated heterocycles. The van der Waals surface area contributed by atoms with Crippen LogP contribution in [0.1, 0.15) is 42.0 Å². The summed E-state index contributed by atoms with van der Waals surface area (Å²) in [6.45, 7) is 10.2. The van der Waals surface area contributed by atoms with Crippen molar-refractivity contribution in [2.45, 2.75) is 46.0 Å². The molecule has 19 heavy (non-hydrogen) atoms. The maximum Gasteiger partial charge on any atom is 0.140 e. The van der Waals surface area contributed by atoms with Gasteiger partial charge < -0.3 is 4.90 Å². The molecule has 1 heterocycles. The van der Waals surface area contributed by atoms with Crippen molar-refractivity contribution in [1.82, 2.24) is 4.90 Å². The minimum atomic E-state index is -0.256. The van der Waals surface area contributed by atoms with E-state index in [0.29, 0.717) is 5.78 Å². The normalized spacial score (nSPS) is 19.4. The fourth-order valence-electron chi connectivity index (χ4n) is 3.71. The molecule has 0 radical (unpaired) electrons. The molecule has 0 bridgehead atoms. The minimum absolute atomic E-state index is 0.256. The molecule has 0 atom stereocenters. The number of benzene rings is 1. The lowest BCUT2D eigenvalue weighted by atomic mass is 9.67. The second-order valence-electron chi connectivity index (χ2n) is 6.22. The zero-order chi connectivity index (χ0) is 14.2. The standard InChI is InChI=1S/C17H25NO/c1-12-10-13(2)16(14(3)11-12)17(15(4)19)6-8-18(5)9-7-17/h10-11H,6-9H2,1-5H3. The van der Waals surface area contributed by atoms with Crippen LogP contribution >= 0.6 is 0 Å². The van der Waals surface area contributed by atoms with Gasteiger partial charge in [0, 0.05) is 0 Å². The summed E-state index contributed by atoms with van der Waals surface area (Å²) in [5.41, 5.74) is 4.87. The number of rotatable bonds is 2. The SMILES string of the molecule is CC(=O)C1(c2c(C)cc(C)cc2C)CCN(C)CC1. The maximum atomic E-state index is 12.4. The van der Waals surface area contributed by atoms with Crippen molar-refractivity contribution in [3.05, 3.63) is 34.4 Å². The number of piperidine rings is 1. The van der Waals surface area contributed by atoms with Gasteiger partial charge in [0.2, 0.25) is 0 Å². The number of likely N-dealkylation sites (tertiary alicyclic amines) is 1. The molecule has 1 aromatic carbocycles. The van der Waals surface area contributed by atoms with Gasteiger partial charge >= 0.3 is 0 Å². The van der Waals surface area contributed by atoms with Crippen LogP contribution in [-0.4, -0.2) is 30.8 Å². The molecule has 0 amide bonds. The molecule has 0 aliphatic carbocycles. The molecule has 0 N–H and O–H groups in total. The Morgan fingerprint density at radius 3 is 2.00 bits per heavy atom. The Morgan fingerprint density at radius 2 is 1.58 bits per heavy atom. The summed E-state index contributed by atoms with van der Waals surface area (Å²) in [6, 6.07) is 4.43. The summed E-state index contributed by atoms with van der Waals surface area (Å²) in [5, 5.41) is 0. The van der Waals surface area contributed by atoms with Gasteiger partial charge in [-0.1, -0.05) is 17.7 Å². The van der Waals surface area contributed by atoms with Crippen molar-refractivity contribution in [2.24, 2.45) is 0 Å². The zero-order valence-electron chi connectivity index (χ0n) is 12.8. The quantitative estimate of drug-likeness (QED) is 0.813. The first-order valence-corrected chi connectivity index (χ1v) is 7.15. The van der Waals surface area contributed by atoms with E-state index in [1.54, 1.807) is 6.92 Å². The summed E-state index contributed by atoms with van der Waals surface area (Å²) in [7, 11) is 2.14. The summed E-state index contributed by atoms with van der Waals surface area (Å²) >= 11 is 0. The number of Topliss-reactive ketones (excluding diaryl/α,β-unsaturated/α-hetero) is 1. The highest BCUT2D eigenvalue weighted by Crippen LogP contribution is 2.40. The molecule has 1 aliphatic heterocycles. The number of hydrogen-bond acceptors (Lipinski definition) is 2. The first-order chi connectivity index (χ1) is 8.86. The van der Waals surface area contributed by atoms with E-state index in [1.165, 1.54) is 22.3 Å². The smallest absolute Gasteiger partial charge is 0.140 e. The van der Waals surface area contributed by atoms with Gasteiger partial charge in [0.1, 0.15) is 5.78 Å². The number of carbonyl (C=O) groups is 1. The third-order valence-electron chi connectivity index (χ3n) is 4.67. The fourth-order valence-corrected chi connectivity index (χ4v) is 3.71. The average Bonchev–Trinajstić information content (AvgIpc) is 2.30. The van der Waals surface area contributed by atoms with E-state index in [1.807, 2.05) is 0 Å². The highest BCUT2D eigenvalue weighted by molar-refractivity contribution is 5.89. The second kappa shape index (κ2) is 5.09. The first-order valence-electron chi connectivity index (χ1n) is 7.15. The molecule has 2 nitrogen and oxygen atoms in total. The molecule has 0 spiro atoms. The van der Waals surface area contributed by atoms with Crippen LogP contribution in [0.2, 0.25) is 0 Å². The van der Waals surface area contributed by atoms with Gasteiger partial charge in [-0.2, -0.15) is 0 Å². The number of ketones is 1. The van der Waals surface area contributed by atoms with E-state index >= 15 is 0 Å². The Kier molecular flexibility index (Phi) is 3.82. The molecular weight excluding hydrogens is 234 g/mol. The van der Waals surface area contributed by atoms with Crippen molar-refractivity contribution in [3.63, 3.8) is 0 Å². The molecule has 1 aliphatic rings. The van der Waals surface area contributed by atoms with Crippen LogP contribution in [0.5, 0.6) is 0 Å². The zero-order valence-corrected chi connectivity index (χ0v) is 12.8. The largest absolute Gasteiger partial charge is 0.306 e. The monoisotopic (exact) mass is 259 g/mol. The van der Waals surface area contributed by atoms with Crippen molar-refractivity contribution < 1.29 is 4.79 Å². The summed E-state index contributed by atoms with van der Waals surface area (Å²) in [6.07, 6.45) is 1.90. The van der Waals surface area contributed by atoms with Crippen LogP contribution < -0.4 is 0 Å². The Labute approximate surface area is 116 Å². The van der Waals surface area contributed by atoms with Crippen LogP contribution in [0.4, 0.5) is 0 Å². The maximum absolute atomic E-state index is 12.4. The lowest BCUT2D eigenvalue weighted by molar-refractivity contribution is -0.124. The lowest BCUT2D eigenvalue weighted by Crippen LogP contribution is -2.46. The van der Waals surface area contributed by atoms with E-state index in [-0.39, 0.29) is 5.41 Å². The average molecular weight is 259 g/mol. The Bertz CT molecular complexity index is 473. The lowest BCUT2D eigenvalue weighted by Gasteiger charge is -2.41. The third-order valence-corrected chi connectivity index (χ3v) is 4.67. The predicted octanol–water partition coefficient (Wildman–Crippen LogP) is 3.16. The number of carbonyl (C=O) groups excluding carboxylic acids is 1. The Balaban J connectivity index is 2.55. The van der Waals surface area contributed by atoms with Gasteiger partial charge in [-0.15, -0.1) is 0 Å². The van der Waals surface area contributed by atoms with Gasteiger partial charge in [-0.25, -0.2) is 0 Å². The van der Waals surface area contributed by atoms with Crippen LogP contribution in [0.15, 0.2) is 12.1 Å². The molecule has 2 rings (SSSR count). The molecule has 0 aromatic heterocycles. The van der Waals surface area contributed by atoms with Gasteiger partial charge in [0.05, 0.1) is 5.41 Å². The van der Waals surface area contributed by atoms with E-state index < -0.39 is 0 Å². The van der Waals surface area contributed by atoms with Gasteiger partial charge in [0.15, 0.2) is 0 Å². The topological polar surface area (TPSA) is 20.3 Å². The number of hydrogen-bond donors (Lipinski definition) is 0. The van der Waals surface area contributed by atoms with Crippen molar-refractivity contribution in [2.75, 3.05) is 20.1 Å². The van der Waals surface area contributed by atoms with Gasteiger partial charge in [0.25, 0.3) is 0 Å². The fraction of sp³-hybridized carbons (Fsp3) is 0.588. The first kappa shape index (κ1) is 14.3. The van der Waals surface area contributed by atoms with E-state index in [2.05, 4.69) is 44.9 Å². The van der Waals surface area contributed by atoms with Gasteiger partial charge in [-0.3, -0.25) is 4.79 Å². The van der Waals surface area contributed by atoms with Gasteiger partial charge in [-0.05, 0) is 77.4 Å². The summed E-state index contributed by atoms with van der Waals surface area (Å²) in [4.78, 5) is 14.7. The molecule has 2 heteroatoms. The third kappa shape index (κ3) is 2.46. The number of aryl methyl sites for hydroxylation is 3. The summed E-state index contributed by atoms with van der Waals surface area (Å²) < 4.78 is 0. The van der Waals surface area contributed by atoms with E-state index in [4.69, 9.17) is 0 Å². The van der Waals surface area contributed by atoms with Crippen molar-refractivity contribution in [1.29, 1.82) is 0 Å². The predicted molar refractivity (Wildman–Crippen MR) is 79.7 cm³/mol. The Hall–Kier alpha value is -1.15. The van der Waals surface area contributed by atoms with E-state index in [0.717, 1.165) is 25.9 Å². The van der Waals surface area contributed by atoms with Crippen LogP contribution in [-0.2, 0) is 10.2 Å². The van der Waals surface area contributed by atoms with Crippen LogP contribution in [0.25, 0.3) is 0 Å². The number of nitrogens with zero attached hydrogens (tertiary/aromatic N) is 1. The Morgan fingerprint density at radius 1 is 1.11 bits per heavy atom. The molecule has 104 valence electrons. The molecule has 0 saturated carbocycles. The highest BCUT2D eigenvalue weighted by atomic mass is 16.1. The second-order valence-corrected chi connectivity index (χ2v) is 6.22. The summed E-state index contributed by atoms with van der Waals surface area (Å²) in [5.74, 6) is 0.329. The van der Waals surface area contributed by atoms with Crippen molar-refractivity contribution >= 4 is 5.78 Å². The highest BCUT2D eigenvalue weighted by Gasteiger charge is 2.41.